The number of fused-ring (bicyclic) bond motifs is 3. The van der Waals surface area contributed by atoms with Crippen LogP contribution in [0.2, 0.25) is 0 Å². The summed E-state index contributed by atoms with van der Waals surface area (Å²) < 4.78 is 10.8. The molecule has 7 aromatic rings. The van der Waals surface area contributed by atoms with Crippen LogP contribution in [0.1, 0.15) is 61.1 Å². The van der Waals surface area contributed by atoms with Crippen molar-refractivity contribution < 1.29 is 4.74 Å². The van der Waals surface area contributed by atoms with Gasteiger partial charge in [-0.05, 0) is 134 Å². The monoisotopic (exact) mass is 646 g/mol. The Kier molecular flexibility index (Phi) is 8.62. The summed E-state index contributed by atoms with van der Waals surface area (Å²) in [5, 5.41) is 7.26. The Labute approximate surface area is 290 Å². The van der Waals surface area contributed by atoms with Crippen molar-refractivity contribution in [2.45, 2.75) is 68.2 Å². The Morgan fingerprint density at radius 2 is 1.37 bits per heavy atom. The maximum absolute atomic E-state index is 6.55. The van der Waals surface area contributed by atoms with E-state index in [0.717, 1.165) is 46.9 Å². The number of hydrogen-bond acceptors (Lipinski definition) is 3. The molecule has 0 N–H and O–H groups in total. The van der Waals surface area contributed by atoms with E-state index >= 15 is 0 Å². The number of pyridine rings is 1. The largest absolute Gasteiger partial charge is 0.457 e. The molecule has 0 saturated heterocycles. The molecule has 3 aromatic heterocycles. The van der Waals surface area contributed by atoms with Crippen LogP contribution in [0.25, 0.3) is 44.4 Å². The molecule has 0 aliphatic rings. The molecule has 0 spiro atoms. The van der Waals surface area contributed by atoms with Gasteiger partial charge in [0, 0.05) is 40.9 Å². The number of aromatic nitrogens is 4. The number of para-hydroxylation sites is 1. The normalized spacial score (nSPS) is 11.8. The lowest BCUT2D eigenvalue weighted by Crippen LogP contribution is -2.09. The predicted octanol–water partition coefficient (Wildman–Crippen LogP) is 11.5. The lowest BCUT2D eigenvalue weighted by Gasteiger charge is -2.24. The van der Waals surface area contributed by atoms with Crippen LogP contribution in [-0.2, 0) is 12.8 Å². The highest BCUT2D eigenvalue weighted by molar-refractivity contribution is 6.09. The summed E-state index contributed by atoms with van der Waals surface area (Å²) in [4.78, 5) is 4.73. The zero-order valence-electron chi connectivity index (χ0n) is 30.0. The van der Waals surface area contributed by atoms with E-state index in [9.17, 15) is 0 Å². The Balaban J connectivity index is 1.26. The van der Waals surface area contributed by atoms with Crippen molar-refractivity contribution >= 4 is 21.8 Å². The zero-order valence-corrected chi connectivity index (χ0v) is 30.0. The molecular weight excluding hydrogens is 601 g/mol. The number of ether oxygens (including phenoxy) is 1. The lowest BCUT2D eigenvalue weighted by atomic mass is 9.80. The van der Waals surface area contributed by atoms with E-state index < -0.39 is 0 Å². The fourth-order valence-corrected chi connectivity index (χ4v) is 7.29. The Morgan fingerprint density at radius 3 is 2.08 bits per heavy atom. The minimum atomic E-state index is 0.559. The van der Waals surface area contributed by atoms with E-state index in [1.165, 1.54) is 55.3 Å². The van der Waals surface area contributed by atoms with Gasteiger partial charge < -0.3 is 4.74 Å². The van der Waals surface area contributed by atoms with Crippen LogP contribution >= 0.6 is 0 Å². The van der Waals surface area contributed by atoms with Gasteiger partial charge in [-0.15, -0.1) is 0 Å². The molecule has 0 bridgehead atoms. The number of benzene rings is 4. The second-order valence-electron chi connectivity index (χ2n) is 14.4. The van der Waals surface area contributed by atoms with Crippen LogP contribution in [0.5, 0.6) is 11.5 Å². The van der Waals surface area contributed by atoms with E-state index in [-0.39, 0.29) is 0 Å². The van der Waals surface area contributed by atoms with E-state index in [2.05, 4.69) is 127 Å². The number of rotatable bonds is 9. The molecule has 0 fully saturated rings. The summed E-state index contributed by atoms with van der Waals surface area (Å²) in [6.45, 7) is 18.2. The van der Waals surface area contributed by atoms with E-state index in [4.69, 9.17) is 14.8 Å². The molecule has 5 heteroatoms. The number of aryl methyl sites for hydroxylation is 1. The first-order valence-corrected chi connectivity index (χ1v) is 17.5. The quantitative estimate of drug-likeness (QED) is 0.157. The van der Waals surface area contributed by atoms with Crippen molar-refractivity contribution in [3.05, 3.63) is 131 Å². The van der Waals surface area contributed by atoms with E-state index in [1.54, 1.807) is 0 Å². The second kappa shape index (κ2) is 13.0. The summed E-state index contributed by atoms with van der Waals surface area (Å²) in [5.74, 6) is 3.54. The molecule has 5 nitrogen and oxygen atoms in total. The molecule has 0 atom stereocenters. The molecule has 0 saturated carbocycles. The molecule has 0 radical (unpaired) electrons. The maximum Gasteiger partial charge on any atom is 0.137 e. The van der Waals surface area contributed by atoms with Crippen molar-refractivity contribution in [3.63, 3.8) is 0 Å². The molecule has 0 unspecified atom stereocenters. The number of hydrogen-bond donors (Lipinski definition) is 0. The SMILES string of the molecule is Cc1ccnc(-n2c3ccccc3c3ccc(Oc4cccc(-n5cc(-c6c(CC(C)C)c(C)c(C)c(C)c6CC(C)C)cn5)c4)cc32)c1. The minimum Gasteiger partial charge on any atom is -0.457 e. The Hall–Kier alpha value is -5.16. The molecular formula is C44H46N4O. The van der Waals surface area contributed by atoms with Gasteiger partial charge >= 0.3 is 0 Å². The van der Waals surface area contributed by atoms with Crippen LogP contribution < -0.4 is 4.74 Å². The summed E-state index contributed by atoms with van der Waals surface area (Å²) in [7, 11) is 0. The molecule has 0 aliphatic heterocycles. The maximum atomic E-state index is 6.55. The van der Waals surface area contributed by atoms with Crippen LogP contribution in [-0.4, -0.2) is 19.3 Å². The lowest BCUT2D eigenvalue weighted by molar-refractivity contribution is 0.483. The average Bonchev–Trinajstić information content (AvgIpc) is 3.69. The molecule has 3 heterocycles. The minimum absolute atomic E-state index is 0.559. The van der Waals surface area contributed by atoms with Crippen LogP contribution in [0.3, 0.4) is 0 Å². The summed E-state index contributed by atoms with van der Waals surface area (Å²) in [6, 6.07) is 27.1. The highest BCUT2D eigenvalue weighted by Gasteiger charge is 2.22. The van der Waals surface area contributed by atoms with Crippen LogP contribution in [0.15, 0.2) is 97.5 Å². The fourth-order valence-electron chi connectivity index (χ4n) is 7.29. The van der Waals surface area contributed by atoms with Gasteiger partial charge in [0.15, 0.2) is 0 Å². The van der Waals surface area contributed by atoms with Gasteiger partial charge in [-0.3, -0.25) is 4.57 Å². The second-order valence-corrected chi connectivity index (χ2v) is 14.4. The van der Waals surface area contributed by atoms with Crippen molar-refractivity contribution in [1.82, 2.24) is 19.3 Å². The first-order valence-electron chi connectivity index (χ1n) is 17.5. The Bertz CT molecular complexity index is 2280. The average molecular weight is 647 g/mol. The summed E-state index contributed by atoms with van der Waals surface area (Å²) in [6.07, 6.45) is 8.19. The zero-order chi connectivity index (χ0) is 34.4. The van der Waals surface area contributed by atoms with Crippen molar-refractivity contribution in [1.29, 1.82) is 0 Å². The topological polar surface area (TPSA) is 44.9 Å². The van der Waals surface area contributed by atoms with Crippen LogP contribution in [0, 0.1) is 39.5 Å². The summed E-state index contributed by atoms with van der Waals surface area (Å²) >= 11 is 0. The smallest absolute Gasteiger partial charge is 0.137 e. The molecule has 248 valence electrons. The van der Waals surface area contributed by atoms with Gasteiger partial charge in [0.1, 0.15) is 17.3 Å². The molecule has 0 amide bonds. The van der Waals surface area contributed by atoms with Crippen LogP contribution in [0.4, 0.5) is 0 Å². The first-order chi connectivity index (χ1) is 23.6. The highest BCUT2D eigenvalue weighted by atomic mass is 16.5. The standard InChI is InChI=1S/C44H46N4O/c1-27(2)20-39-31(7)30(6)32(8)40(21-28(3)4)44(39)33-25-46-47(26-33)34-12-11-13-35(23-34)49-36-16-17-38-37-14-9-10-15-41(37)48(42(38)24-36)43-22-29(5)18-19-45-43/h9-19,22-28H,20-21H2,1-8H3. The highest BCUT2D eigenvalue weighted by Crippen LogP contribution is 2.39. The van der Waals surface area contributed by atoms with Gasteiger partial charge in [-0.1, -0.05) is 52.0 Å². The van der Waals surface area contributed by atoms with E-state index in [1.807, 2.05) is 35.3 Å². The molecule has 49 heavy (non-hydrogen) atoms. The molecule has 7 rings (SSSR count). The third-order valence-electron chi connectivity index (χ3n) is 9.82. The fraction of sp³-hybridized carbons (Fsp3) is 0.273. The first kappa shape index (κ1) is 32.4. The van der Waals surface area contributed by atoms with Gasteiger partial charge in [-0.2, -0.15) is 5.10 Å². The van der Waals surface area contributed by atoms with Crippen molar-refractivity contribution in [2.24, 2.45) is 11.8 Å². The molecule has 0 aliphatic carbocycles. The summed E-state index contributed by atoms with van der Waals surface area (Å²) in [5.41, 5.74) is 14.0. The van der Waals surface area contributed by atoms with Crippen molar-refractivity contribution in [3.8, 4) is 34.1 Å². The molecule has 4 aromatic carbocycles. The van der Waals surface area contributed by atoms with E-state index in [0.29, 0.717) is 11.8 Å². The third-order valence-corrected chi connectivity index (χ3v) is 9.82. The van der Waals surface area contributed by atoms with Gasteiger partial charge in [0.2, 0.25) is 0 Å². The Morgan fingerprint density at radius 1 is 0.673 bits per heavy atom. The van der Waals surface area contributed by atoms with Gasteiger partial charge in [0.05, 0.1) is 22.9 Å². The predicted molar refractivity (Wildman–Crippen MR) is 204 cm³/mol. The van der Waals surface area contributed by atoms with Crippen molar-refractivity contribution in [2.75, 3.05) is 0 Å². The number of nitrogens with zero attached hydrogens (tertiary/aromatic N) is 4. The van der Waals surface area contributed by atoms with Gasteiger partial charge in [0.25, 0.3) is 0 Å². The van der Waals surface area contributed by atoms with Gasteiger partial charge in [-0.25, -0.2) is 9.67 Å². The third kappa shape index (κ3) is 6.14.